The van der Waals surface area contributed by atoms with Gasteiger partial charge in [0.05, 0.1) is 4.90 Å². The summed E-state index contributed by atoms with van der Waals surface area (Å²) in [5.74, 6) is 0.932. The Bertz CT molecular complexity index is 1030. The van der Waals surface area contributed by atoms with Crippen LogP contribution in [0.1, 0.15) is 29.6 Å². The molecular formula is C17H14FN3O2S2. The van der Waals surface area contributed by atoms with E-state index in [1.807, 2.05) is 6.07 Å². The third-order valence-corrected chi connectivity index (χ3v) is 5.98. The zero-order chi connectivity index (χ0) is 17.6. The maximum Gasteiger partial charge on any atom is 0.238 e. The van der Waals surface area contributed by atoms with Crippen molar-refractivity contribution < 1.29 is 12.8 Å². The van der Waals surface area contributed by atoms with Crippen LogP contribution in [-0.2, 0) is 10.0 Å². The van der Waals surface area contributed by atoms with Gasteiger partial charge in [-0.3, -0.25) is 0 Å². The van der Waals surface area contributed by atoms with Gasteiger partial charge in [0.1, 0.15) is 16.6 Å². The molecular weight excluding hydrogens is 361 g/mol. The van der Waals surface area contributed by atoms with E-state index in [4.69, 9.17) is 5.14 Å². The third-order valence-electron chi connectivity index (χ3n) is 4.27. The van der Waals surface area contributed by atoms with E-state index in [0.29, 0.717) is 5.01 Å². The second kappa shape index (κ2) is 5.98. The highest BCUT2D eigenvalue weighted by Crippen LogP contribution is 2.54. The highest BCUT2D eigenvalue weighted by molar-refractivity contribution is 7.89. The molecule has 0 spiro atoms. The number of halogens is 1. The van der Waals surface area contributed by atoms with Crippen LogP contribution in [0.4, 0.5) is 4.39 Å². The molecule has 25 heavy (non-hydrogen) atoms. The van der Waals surface area contributed by atoms with E-state index < -0.39 is 10.0 Å². The monoisotopic (exact) mass is 375 g/mol. The lowest BCUT2D eigenvalue weighted by molar-refractivity contribution is 0.597. The normalized spacial score (nSPS) is 19.8. The maximum absolute atomic E-state index is 13.3. The zero-order valence-electron chi connectivity index (χ0n) is 13.0. The average Bonchev–Trinajstić information content (AvgIpc) is 3.22. The van der Waals surface area contributed by atoms with Gasteiger partial charge >= 0.3 is 0 Å². The highest BCUT2D eigenvalue weighted by Gasteiger charge is 2.42. The Kier molecular flexibility index (Phi) is 3.90. The average molecular weight is 375 g/mol. The Morgan fingerprint density at radius 1 is 1.12 bits per heavy atom. The smallest absolute Gasteiger partial charge is 0.225 e. The van der Waals surface area contributed by atoms with Crippen molar-refractivity contribution in [2.24, 2.45) is 5.14 Å². The van der Waals surface area contributed by atoms with Crippen molar-refractivity contribution in [1.29, 1.82) is 0 Å². The Morgan fingerprint density at radius 3 is 2.56 bits per heavy atom. The van der Waals surface area contributed by atoms with Crippen LogP contribution in [0.3, 0.4) is 0 Å². The highest BCUT2D eigenvalue weighted by atomic mass is 32.2. The second-order valence-electron chi connectivity index (χ2n) is 6.03. The van der Waals surface area contributed by atoms with Gasteiger partial charge in [-0.05, 0) is 53.7 Å². The van der Waals surface area contributed by atoms with Crippen LogP contribution < -0.4 is 5.14 Å². The molecule has 1 aliphatic rings. The third kappa shape index (κ3) is 3.33. The number of nitrogens with zero attached hydrogens (tertiary/aromatic N) is 2. The minimum atomic E-state index is -3.68. The Hall–Kier alpha value is -2.16. The fourth-order valence-electron chi connectivity index (χ4n) is 2.88. The summed E-state index contributed by atoms with van der Waals surface area (Å²) in [4.78, 5) is 4.65. The first-order valence-electron chi connectivity index (χ1n) is 7.64. The van der Waals surface area contributed by atoms with Crippen LogP contribution in [0.15, 0.2) is 53.4 Å². The summed E-state index contributed by atoms with van der Waals surface area (Å²) in [7, 11) is -3.68. The van der Waals surface area contributed by atoms with Crippen LogP contribution in [0.5, 0.6) is 0 Å². The summed E-state index contributed by atoms with van der Waals surface area (Å²) in [6, 6.07) is 12.9. The quantitative estimate of drug-likeness (QED) is 0.758. The molecule has 3 aromatic rings. The Morgan fingerprint density at radius 2 is 1.88 bits per heavy atom. The van der Waals surface area contributed by atoms with Crippen molar-refractivity contribution in [3.05, 3.63) is 65.7 Å². The zero-order valence-corrected chi connectivity index (χ0v) is 14.6. The molecule has 2 N–H and O–H groups in total. The molecule has 0 radical (unpaired) electrons. The minimum Gasteiger partial charge on any atom is -0.225 e. The van der Waals surface area contributed by atoms with Crippen molar-refractivity contribution in [1.82, 2.24) is 9.36 Å². The van der Waals surface area contributed by atoms with Gasteiger partial charge in [0.25, 0.3) is 0 Å². The van der Waals surface area contributed by atoms with Crippen molar-refractivity contribution in [3.63, 3.8) is 0 Å². The standard InChI is InChI=1S/C17H14FN3O2S2/c18-12-3-1-2-11(8-12)17-20-16(21-24-17)15-9-14(15)10-4-6-13(7-5-10)25(19,22)23/h1-8,14-15H,9H2,(H2,19,22,23)/t14-,15+/m0/s1. The van der Waals surface area contributed by atoms with E-state index in [9.17, 15) is 12.8 Å². The fraction of sp³-hybridized carbons (Fsp3) is 0.176. The van der Waals surface area contributed by atoms with Gasteiger partial charge in [0.15, 0.2) is 0 Å². The number of primary sulfonamides is 1. The molecule has 128 valence electrons. The summed E-state index contributed by atoms with van der Waals surface area (Å²) < 4.78 is 40.4. The molecule has 0 saturated heterocycles. The molecule has 0 aliphatic heterocycles. The largest absolute Gasteiger partial charge is 0.238 e. The van der Waals surface area contributed by atoms with E-state index in [1.165, 1.54) is 35.8 Å². The Labute approximate surface area is 148 Å². The van der Waals surface area contributed by atoms with Gasteiger partial charge in [0.2, 0.25) is 10.0 Å². The van der Waals surface area contributed by atoms with E-state index >= 15 is 0 Å². The maximum atomic E-state index is 13.3. The Balaban J connectivity index is 1.52. The minimum absolute atomic E-state index is 0.105. The molecule has 8 heteroatoms. The first kappa shape index (κ1) is 16.3. The summed E-state index contributed by atoms with van der Waals surface area (Å²) >= 11 is 1.26. The van der Waals surface area contributed by atoms with Gasteiger partial charge < -0.3 is 0 Å². The summed E-state index contributed by atoms with van der Waals surface area (Å²) in [5.41, 5.74) is 1.76. The van der Waals surface area contributed by atoms with Crippen molar-refractivity contribution >= 4 is 21.6 Å². The van der Waals surface area contributed by atoms with Crippen LogP contribution in [0.25, 0.3) is 10.6 Å². The summed E-state index contributed by atoms with van der Waals surface area (Å²) in [6.07, 6.45) is 0.911. The lowest BCUT2D eigenvalue weighted by Crippen LogP contribution is -2.11. The number of benzene rings is 2. The summed E-state index contributed by atoms with van der Waals surface area (Å²) in [5, 5.41) is 5.81. The molecule has 1 saturated carbocycles. The van der Waals surface area contributed by atoms with Gasteiger partial charge in [0, 0.05) is 11.5 Å². The van der Waals surface area contributed by atoms with Crippen LogP contribution in [0, 0.1) is 5.82 Å². The van der Waals surface area contributed by atoms with Gasteiger partial charge in [-0.25, -0.2) is 22.9 Å². The molecule has 1 fully saturated rings. The first-order valence-corrected chi connectivity index (χ1v) is 9.96. The lowest BCUT2D eigenvalue weighted by atomic mass is 10.1. The predicted molar refractivity (Wildman–Crippen MR) is 93.2 cm³/mol. The molecule has 0 bridgehead atoms. The number of sulfonamides is 1. The van der Waals surface area contributed by atoms with Gasteiger partial charge in [-0.2, -0.15) is 4.37 Å². The van der Waals surface area contributed by atoms with Crippen molar-refractivity contribution in [2.45, 2.75) is 23.2 Å². The van der Waals surface area contributed by atoms with Gasteiger partial charge in [-0.1, -0.05) is 24.3 Å². The molecule has 0 amide bonds. The second-order valence-corrected chi connectivity index (χ2v) is 8.34. The summed E-state index contributed by atoms with van der Waals surface area (Å²) in [6.45, 7) is 0. The van der Waals surface area contributed by atoms with Crippen molar-refractivity contribution in [2.75, 3.05) is 0 Å². The van der Waals surface area contributed by atoms with Crippen LogP contribution >= 0.6 is 11.5 Å². The van der Waals surface area contributed by atoms with Crippen LogP contribution in [-0.4, -0.2) is 17.8 Å². The SMILES string of the molecule is NS(=O)(=O)c1ccc([C@@H]2C[C@H]2c2nsc(-c3cccc(F)c3)n2)cc1. The van der Waals surface area contributed by atoms with E-state index in [2.05, 4.69) is 9.36 Å². The molecule has 1 aromatic heterocycles. The number of hydrogen-bond acceptors (Lipinski definition) is 5. The molecule has 1 aliphatic carbocycles. The molecule has 2 aromatic carbocycles. The number of rotatable bonds is 4. The van der Waals surface area contributed by atoms with E-state index in [0.717, 1.165) is 23.4 Å². The van der Waals surface area contributed by atoms with Crippen molar-refractivity contribution in [3.8, 4) is 10.6 Å². The van der Waals surface area contributed by atoms with E-state index in [1.54, 1.807) is 18.2 Å². The number of aromatic nitrogens is 2. The molecule has 5 nitrogen and oxygen atoms in total. The molecule has 4 rings (SSSR count). The van der Waals surface area contributed by atoms with E-state index in [-0.39, 0.29) is 22.5 Å². The van der Waals surface area contributed by atoms with Gasteiger partial charge in [-0.15, -0.1) is 0 Å². The number of nitrogens with two attached hydrogens (primary N) is 1. The molecule has 1 heterocycles. The first-order chi connectivity index (χ1) is 11.9. The molecule has 2 atom stereocenters. The number of hydrogen-bond donors (Lipinski definition) is 1. The fourth-order valence-corrected chi connectivity index (χ4v) is 4.12. The van der Waals surface area contributed by atoms with Crippen LogP contribution in [0.2, 0.25) is 0 Å². The lowest BCUT2D eigenvalue weighted by Gasteiger charge is -2.01. The topological polar surface area (TPSA) is 85.9 Å². The predicted octanol–water partition coefficient (Wildman–Crippen LogP) is 3.26. The molecule has 0 unspecified atom stereocenters.